The Kier molecular flexibility index (Phi) is 4.17. The fourth-order valence-corrected chi connectivity index (χ4v) is 7.02. The Balaban J connectivity index is 1.62. The van der Waals surface area contributed by atoms with Gasteiger partial charge >= 0.3 is 0 Å². The van der Waals surface area contributed by atoms with Gasteiger partial charge in [-0.2, -0.15) is 0 Å². The highest BCUT2D eigenvalue weighted by atomic mass is 16.1. The van der Waals surface area contributed by atoms with Crippen LogP contribution in [0.2, 0.25) is 0 Å². The quantitative estimate of drug-likeness (QED) is 0.719. The summed E-state index contributed by atoms with van der Waals surface area (Å²) in [6.07, 6.45) is 10.6. The number of ketones is 2. The summed E-state index contributed by atoms with van der Waals surface area (Å²) in [6, 6.07) is 8.16. The zero-order valence-electron chi connectivity index (χ0n) is 17.5. The molecule has 0 spiro atoms. The van der Waals surface area contributed by atoms with Gasteiger partial charge in [-0.15, -0.1) is 0 Å². The van der Waals surface area contributed by atoms with E-state index in [1.54, 1.807) is 0 Å². The predicted molar refractivity (Wildman–Crippen MR) is 115 cm³/mol. The van der Waals surface area contributed by atoms with E-state index in [2.05, 4.69) is 32.1 Å². The van der Waals surface area contributed by atoms with E-state index in [4.69, 9.17) is 5.73 Å². The molecule has 2 saturated carbocycles. The first-order valence-corrected chi connectivity index (χ1v) is 11.1. The first kappa shape index (κ1) is 18.8. The zero-order chi connectivity index (χ0) is 20.4. The van der Waals surface area contributed by atoms with Crippen LogP contribution in [0.15, 0.2) is 47.6 Å². The lowest BCUT2D eigenvalue weighted by atomic mass is 9.47. The zero-order valence-corrected chi connectivity index (χ0v) is 17.5. The number of carbonyl (C=O) groups is 2. The van der Waals surface area contributed by atoms with Crippen molar-refractivity contribution in [2.24, 2.45) is 28.6 Å². The summed E-state index contributed by atoms with van der Waals surface area (Å²) in [6.45, 7) is 4.60. The summed E-state index contributed by atoms with van der Waals surface area (Å²) in [5, 5.41) is 0. The van der Waals surface area contributed by atoms with Crippen LogP contribution in [0.25, 0.3) is 0 Å². The lowest BCUT2D eigenvalue weighted by Crippen LogP contribution is -2.50. The van der Waals surface area contributed by atoms with Crippen molar-refractivity contribution >= 4 is 17.3 Å². The van der Waals surface area contributed by atoms with Gasteiger partial charge in [0.15, 0.2) is 5.78 Å². The Labute approximate surface area is 173 Å². The summed E-state index contributed by atoms with van der Waals surface area (Å²) < 4.78 is 0. The molecule has 0 unspecified atom stereocenters. The van der Waals surface area contributed by atoms with Gasteiger partial charge in [0.2, 0.25) is 0 Å². The third-order valence-electron chi connectivity index (χ3n) is 8.82. The largest absolute Gasteiger partial charge is 0.399 e. The molecular weight excluding hydrogens is 358 g/mol. The van der Waals surface area contributed by atoms with Crippen molar-refractivity contribution in [3.8, 4) is 0 Å². The van der Waals surface area contributed by atoms with Crippen LogP contribution in [0.4, 0.5) is 5.69 Å². The van der Waals surface area contributed by atoms with E-state index in [-0.39, 0.29) is 16.6 Å². The Morgan fingerprint density at radius 3 is 2.41 bits per heavy atom. The number of fused-ring (bicyclic) bond motifs is 5. The molecule has 1 aromatic rings. The van der Waals surface area contributed by atoms with Gasteiger partial charge in [0, 0.05) is 23.9 Å². The van der Waals surface area contributed by atoms with Gasteiger partial charge in [0.25, 0.3) is 0 Å². The van der Waals surface area contributed by atoms with Crippen molar-refractivity contribution in [3.63, 3.8) is 0 Å². The second kappa shape index (κ2) is 6.42. The molecule has 29 heavy (non-hydrogen) atoms. The van der Waals surface area contributed by atoms with Gasteiger partial charge in [-0.1, -0.05) is 37.6 Å². The standard InChI is InChI=1S/C26H31NO2/c1-25-11-9-20(28)15-18(25)14-17(13-16-3-5-19(27)6-4-16)24-21-7-8-23(29)26(21,2)12-10-22(24)25/h3-6,14-15,21-22,24H,7-13,27H2,1-2H3/t21-,22-,24-,25-,26-/m0/s1. The summed E-state index contributed by atoms with van der Waals surface area (Å²) in [4.78, 5) is 25.1. The van der Waals surface area contributed by atoms with Gasteiger partial charge in [-0.3, -0.25) is 9.59 Å². The maximum Gasteiger partial charge on any atom is 0.156 e. The third kappa shape index (κ3) is 2.77. The van der Waals surface area contributed by atoms with Crippen LogP contribution in [0, 0.1) is 28.6 Å². The number of Topliss-reactive ketones (excluding diaryl/α,β-unsaturated/α-hetero) is 1. The van der Waals surface area contributed by atoms with Crippen LogP contribution >= 0.6 is 0 Å². The average molecular weight is 390 g/mol. The number of benzene rings is 1. The molecule has 0 amide bonds. The number of carbonyl (C=O) groups excluding carboxylic acids is 2. The van der Waals surface area contributed by atoms with Crippen molar-refractivity contribution in [1.82, 2.24) is 0 Å². The van der Waals surface area contributed by atoms with E-state index in [1.165, 1.54) is 16.7 Å². The maximum atomic E-state index is 12.8. The van der Waals surface area contributed by atoms with Crippen molar-refractivity contribution < 1.29 is 9.59 Å². The van der Waals surface area contributed by atoms with Gasteiger partial charge < -0.3 is 5.73 Å². The van der Waals surface area contributed by atoms with Crippen molar-refractivity contribution in [1.29, 1.82) is 0 Å². The fourth-order valence-electron chi connectivity index (χ4n) is 7.02. The minimum atomic E-state index is -0.163. The number of hydrogen-bond donors (Lipinski definition) is 1. The molecule has 152 valence electrons. The minimum Gasteiger partial charge on any atom is -0.399 e. The van der Waals surface area contributed by atoms with E-state index < -0.39 is 0 Å². The molecule has 3 nitrogen and oxygen atoms in total. The van der Waals surface area contributed by atoms with E-state index >= 15 is 0 Å². The SMILES string of the molecule is C[C@]12CCC(=O)C=C1C=C(Cc1ccc(N)cc1)[C@@H]1[C@@H]2CC[C@]2(C)C(=O)CC[C@@H]12. The van der Waals surface area contributed by atoms with E-state index in [0.717, 1.165) is 44.2 Å². The molecule has 4 aliphatic carbocycles. The van der Waals surface area contributed by atoms with Crippen LogP contribution in [-0.2, 0) is 16.0 Å². The molecule has 0 aliphatic heterocycles. The molecule has 0 heterocycles. The molecule has 3 heteroatoms. The lowest BCUT2D eigenvalue weighted by molar-refractivity contribution is -0.130. The van der Waals surface area contributed by atoms with Crippen LogP contribution in [0.1, 0.15) is 57.9 Å². The molecule has 4 aliphatic rings. The number of rotatable bonds is 2. The second-order valence-electron chi connectivity index (χ2n) is 10.3. The Hall–Kier alpha value is -2.16. The monoisotopic (exact) mass is 389 g/mol. The molecule has 2 fully saturated rings. The molecule has 1 aromatic carbocycles. The Bertz CT molecular complexity index is 940. The summed E-state index contributed by atoms with van der Waals surface area (Å²) in [5.41, 5.74) is 10.5. The molecular formula is C26H31NO2. The third-order valence-corrected chi connectivity index (χ3v) is 8.82. The maximum absolute atomic E-state index is 12.8. The van der Waals surface area contributed by atoms with Gasteiger partial charge in [0.05, 0.1) is 0 Å². The summed E-state index contributed by atoms with van der Waals surface area (Å²) >= 11 is 0. The van der Waals surface area contributed by atoms with Gasteiger partial charge in [0.1, 0.15) is 5.78 Å². The molecule has 0 aromatic heterocycles. The normalized spacial score (nSPS) is 38.6. The van der Waals surface area contributed by atoms with Crippen LogP contribution < -0.4 is 5.73 Å². The Morgan fingerprint density at radius 1 is 0.931 bits per heavy atom. The van der Waals surface area contributed by atoms with Gasteiger partial charge in [-0.05, 0) is 84.6 Å². The molecule has 2 N–H and O–H groups in total. The minimum absolute atomic E-state index is 0.0656. The molecule has 5 atom stereocenters. The average Bonchev–Trinajstić information content (AvgIpc) is 3.00. The molecule has 0 radical (unpaired) electrons. The number of anilines is 1. The predicted octanol–water partition coefficient (Wildman–Crippen LogP) is 5.06. The van der Waals surface area contributed by atoms with Gasteiger partial charge in [-0.25, -0.2) is 0 Å². The van der Waals surface area contributed by atoms with Crippen LogP contribution in [0.5, 0.6) is 0 Å². The smallest absolute Gasteiger partial charge is 0.156 e. The molecule has 5 rings (SSSR count). The highest BCUT2D eigenvalue weighted by molar-refractivity contribution is 5.92. The van der Waals surface area contributed by atoms with E-state index in [1.807, 2.05) is 18.2 Å². The fraction of sp³-hybridized carbons (Fsp3) is 0.538. The van der Waals surface area contributed by atoms with Crippen molar-refractivity contribution in [2.75, 3.05) is 5.73 Å². The first-order chi connectivity index (χ1) is 13.8. The highest BCUT2D eigenvalue weighted by Crippen LogP contribution is 2.64. The topological polar surface area (TPSA) is 60.2 Å². The first-order valence-electron chi connectivity index (χ1n) is 11.1. The number of hydrogen-bond acceptors (Lipinski definition) is 3. The number of allylic oxidation sites excluding steroid dienone is 4. The highest BCUT2D eigenvalue weighted by Gasteiger charge is 2.59. The lowest BCUT2D eigenvalue weighted by Gasteiger charge is -2.56. The van der Waals surface area contributed by atoms with Crippen molar-refractivity contribution in [2.45, 2.75) is 58.8 Å². The number of nitrogens with two attached hydrogens (primary N) is 1. The number of nitrogen functional groups attached to an aromatic ring is 1. The summed E-state index contributed by atoms with van der Waals surface area (Å²) in [7, 11) is 0. The van der Waals surface area contributed by atoms with E-state index in [9.17, 15) is 9.59 Å². The van der Waals surface area contributed by atoms with Crippen molar-refractivity contribution in [3.05, 3.63) is 53.1 Å². The Morgan fingerprint density at radius 2 is 1.66 bits per heavy atom. The van der Waals surface area contributed by atoms with E-state index in [0.29, 0.717) is 30.0 Å². The van der Waals surface area contributed by atoms with Crippen LogP contribution in [-0.4, -0.2) is 11.6 Å². The molecule has 0 saturated heterocycles. The second-order valence-corrected chi connectivity index (χ2v) is 10.3. The summed E-state index contributed by atoms with van der Waals surface area (Å²) in [5.74, 6) is 2.13. The molecule has 0 bridgehead atoms. The van der Waals surface area contributed by atoms with Crippen LogP contribution in [0.3, 0.4) is 0 Å².